The van der Waals surface area contributed by atoms with Crippen LogP contribution >= 0.6 is 0 Å². The van der Waals surface area contributed by atoms with Crippen molar-refractivity contribution in [3.8, 4) is 0 Å². The third-order valence-electron chi connectivity index (χ3n) is 2.45. The molecule has 16 heavy (non-hydrogen) atoms. The Labute approximate surface area is 101 Å². The fraction of sp³-hybridized carbons (Fsp3) is 1.00. The van der Waals surface area contributed by atoms with Crippen LogP contribution in [-0.4, -0.2) is 36.5 Å². The zero-order chi connectivity index (χ0) is 12.6. The minimum atomic E-state index is -0.408. The van der Waals surface area contributed by atoms with Gasteiger partial charge in [-0.1, -0.05) is 27.2 Å². The molecule has 3 heteroatoms. The van der Waals surface area contributed by atoms with Gasteiger partial charge in [0.2, 0.25) is 0 Å². The van der Waals surface area contributed by atoms with E-state index in [-0.39, 0.29) is 5.54 Å². The maximum Gasteiger partial charge on any atom is 0.0897 e. The molecule has 0 heterocycles. The van der Waals surface area contributed by atoms with E-state index in [0.717, 1.165) is 19.4 Å². The van der Waals surface area contributed by atoms with Crippen molar-refractivity contribution < 1.29 is 9.84 Å². The molecular formula is C13H29NO2. The molecule has 1 atom stereocenters. The predicted octanol–water partition coefficient (Wildman–Crippen LogP) is 2.19. The smallest absolute Gasteiger partial charge is 0.0897 e. The lowest BCUT2D eigenvalue weighted by Crippen LogP contribution is -2.44. The highest BCUT2D eigenvalue weighted by atomic mass is 16.5. The zero-order valence-electron chi connectivity index (χ0n) is 11.5. The Hall–Kier alpha value is -0.120. The summed E-state index contributed by atoms with van der Waals surface area (Å²) in [4.78, 5) is 0. The topological polar surface area (TPSA) is 41.5 Å². The number of hydrogen-bond acceptors (Lipinski definition) is 3. The van der Waals surface area contributed by atoms with Crippen LogP contribution in [0.1, 0.15) is 47.5 Å². The van der Waals surface area contributed by atoms with Crippen molar-refractivity contribution in [2.45, 2.75) is 59.1 Å². The largest absolute Gasteiger partial charge is 0.389 e. The van der Waals surface area contributed by atoms with Crippen LogP contribution in [0.3, 0.4) is 0 Å². The van der Waals surface area contributed by atoms with Crippen molar-refractivity contribution in [2.24, 2.45) is 5.92 Å². The van der Waals surface area contributed by atoms with E-state index in [4.69, 9.17) is 4.74 Å². The van der Waals surface area contributed by atoms with Crippen LogP contribution in [0.2, 0.25) is 0 Å². The number of aliphatic hydroxyl groups excluding tert-OH is 1. The third-order valence-corrected chi connectivity index (χ3v) is 2.45. The molecule has 0 aliphatic heterocycles. The van der Waals surface area contributed by atoms with Gasteiger partial charge in [0.15, 0.2) is 0 Å². The minimum Gasteiger partial charge on any atom is -0.389 e. The summed E-state index contributed by atoms with van der Waals surface area (Å²) >= 11 is 0. The van der Waals surface area contributed by atoms with Crippen molar-refractivity contribution in [3.63, 3.8) is 0 Å². The van der Waals surface area contributed by atoms with E-state index in [9.17, 15) is 5.11 Å². The molecule has 1 unspecified atom stereocenters. The zero-order valence-corrected chi connectivity index (χ0v) is 11.5. The number of nitrogens with one attached hydrogen (secondary N) is 1. The summed E-state index contributed by atoms with van der Waals surface area (Å²) in [6, 6.07) is 0. The Bertz CT molecular complexity index is 169. The van der Waals surface area contributed by atoms with Crippen LogP contribution in [0, 0.1) is 5.92 Å². The molecular weight excluding hydrogens is 202 g/mol. The minimum absolute atomic E-state index is 0.105. The second kappa shape index (κ2) is 8.04. The lowest BCUT2D eigenvalue weighted by molar-refractivity contribution is 0.0229. The average molecular weight is 231 g/mol. The fourth-order valence-corrected chi connectivity index (χ4v) is 1.61. The number of hydrogen-bond donors (Lipinski definition) is 2. The lowest BCUT2D eigenvalue weighted by atomic mass is 9.99. The maximum absolute atomic E-state index is 9.71. The van der Waals surface area contributed by atoms with Gasteiger partial charge in [0.05, 0.1) is 12.7 Å². The molecule has 0 saturated heterocycles. The first-order valence-electron chi connectivity index (χ1n) is 6.38. The first-order valence-corrected chi connectivity index (χ1v) is 6.38. The van der Waals surface area contributed by atoms with Crippen molar-refractivity contribution in [1.82, 2.24) is 5.32 Å². The Balaban J connectivity index is 3.60. The summed E-state index contributed by atoms with van der Waals surface area (Å²) in [5.74, 6) is 0.525. The van der Waals surface area contributed by atoms with Crippen LogP contribution in [0.4, 0.5) is 0 Å². The van der Waals surface area contributed by atoms with Crippen LogP contribution in [0.15, 0.2) is 0 Å². The fourth-order valence-electron chi connectivity index (χ4n) is 1.61. The Morgan fingerprint density at radius 1 is 1.25 bits per heavy atom. The van der Waals surface area contributed by atoms with Gasteiger partial charge in [0.1, 0.15) is 0 Å². The summed E-state index contributed by atoms with van der Waals surface area (Å²) in [6.45, 7) is 12.5. The molecule has 0 aliphatic carbocycles. The van der Waals surface area contributed by atoms with Gasteiger partial charge in [-0.05, 0) is 26.2 Å². The van der Waals surface area contributed by atoms with Crippen molar-refractivity contribution >= 4 is 0 Å². The number of ether oxygens (including phenoxy) is 1. The molecule has 0 spiro atoms. The third kappa shape index (κ3) is 9.13. The van der Waals surface area contributed by atoms with E-state index in [0.29, 0.717) is 19.1 Å². The Morgan fingerprint density at radius 3 is 2.38 bits per heavy atom. The second-order valence-corrected chi connectivity index (χ2v) is 5.60. The Morgan fingerprint density at radius 2 is 1.88 bits per heavy atom. The average Bonchev–Trinajstić information content (AvgIpc) is 2.14. The highest BCUT2D eigenvalue weighted by Crippen LogP contribution is 2.10. The van der Waals surface area contributed by atoms with Crippen LogP contribution in [-0.2, 0) is 4.74 Å². The summed E-state index contributed by atoms with van der Waals surface area (Å²) in [5, 5.41) is 13.1. The summed E-state index contributed by atoms with van der Waals surface area (Å²) in [6.07, 6.45) is 1.86. The summed E-state index contributed by atoms with van der Waals surface area (Å²) < 4.78 is 5.39. The van der Waals surface area contributed by atoms with Gasteiger partial charge in [-0.15, -0.1) is 0 Å². The van der Waals surface area contributed by atoms with Gasteiger partial charge in [-0.3, -0.25) is 0 Å². The van der Waals surface area contributed by atoms with Gasteiger partial charge in [-0.25, -0.2) is 0 Å². The molecule has 0 fully saturated rings. The summed E-state index contributed by atoms with van der Waals surface area (Å²) in [5.41, 5.74) is 0.105. The maximum atomic E-state index is 9.71. The molecule has 0 radical (unpaired) electrons. The van der Waals surface area contributed by atoms with Crippen LogP contribution in [0.25, 0.3) is 0 Å². The van der Waals surface area contributed by atoms with Crippen LogP contribution < -0.4 is 5.32 Å². The highest BCUT2D eigenvalue weighted by Gasteiger charge is 2.17. The van der Waals surface area contributed by atoms with E-state index in [1.54, 1.807) is 0 Å². The van der Waals surface area contributed by atoms with Gasteiger partial charge in [0, 0.05) is 18.7 Å². The van der Waals surface area contributed by atoms with Gasteiger partial charge < -0.3 is 15.2 Å². The normalized spacial score (nSPS) is 14.4. The standard InChI is InChI=1S/C13H29NO2/c1-6-7-13(4,5)14-8-12(15)10-16-9-11(2)3/h11-12,14-15H,6-10H2,1-5H3. The molecule has 98 valence electrons. The molecule has 0 amide bonds. The predicted molar refractivity (Wildman–Crippen MR) is 68.7 cm³/mol. The van der Waals surface area contributed by atoms with Gasteiger partial charge in [-0.2, -0.15) is 0 Å². The SMILES string of the molecule is CCCC(C)(C)NCC(O)COCC(C)C. The number of β-amino-alcohol motifs (C(OH)–C–C–N with tert-alkyl or cyclic N) is 1. The molecule has 0 aromatic heterocycles. The molecule has 0 aliphatic rings. The number of aliphatic hydroxyl groups is 1. The molecule has 0 saturated carbocycles. The van der Waals surface area contributed by atoms with E-state index in [1.165, 1.54) is 0 Å². The molecule has 0 rings (SSSR count). The molecule has 2 N–H and O–H groups in total. The van der Waals surface area contributed by atoms with Crippen molar-refractivity contribution in [2.75, 3.05) is 19.8 Å². The van der Waals surface area contributed by atoms with Crippen molar-refractivity contribution in [3.05, 3.63) is 0 Å². The van der Waals surface area contributed by atoms with E-state index >= 15 is 0 Å². The van der Waals surface area contributed by atoms with E-state index in [2.05, 4.69) is 39.9 Å². The van der Waals surface area contributed by atoms with Crippen molar-refractivity contribution in [1.29, 1.82) is 0 Å². The number of rotatable bonds is 9. The summed E-state index contributed by atoms with van der Waals surface area (Å²) in [7, 11) is 0. The molecule has 0 bridgehead atoms. The first-order chi connectivity index (χ1) is 7.37. The second-order valence-electron chi connectivity index (χ2n) is 5.60. The molecule has 3 nitrogen and oxygen atoms in total. The highest BCUT2D eigenvalue weighted by molar-refractivity contribution is 4.78. The van der Waals surface area contributed by atoms with Gasteiger partial charge in [0.25, 0.3) is 0 Å². The van der Waals surface area contributed by atoms with E-state index in [1.807, 2.05) is 0 Å². The van der Waals surface area contributed by atoms with E-state index < -0.39 is 6.10 Å². The van der Waals surface area contributed by atoms with Crippen LogP contribution in [0.5, 0.6) is 0 Å². The molecule has 0 aromatic rings. The quantitative estimate of drug-likeness (QED) is 0.639. The lowest BCUT2D eigenvalue weighted by Gasteiger charge is -2.27. The Kier molecular flexibility index (Phi) is 7.98. The first kappa shape index (κ1) is 15.9. The monoisotopic (exact) mass is 231 g/mol. The molecule has 0 aromatic carbocycles. The van der Waals surface area contributed by atoms with Gasteiger partial charge >= 0.3 is 0 Å².